The first-order valence-corrected chi connectivity index (χ1v) is 21.9. The predicted octanol–water partition coefficient (Wildman–Crippen LogP) is 16.5. The lowest BCUT2D eigenvalue weighted by atomic mass is 10.0. The Morgan fingerprint density at radius 1 is 0.250 bits per heavy atom. The van der Waals surface area contributed by atoms with Crippen molar-refractivity contribution in [2.75, 3.05) is 9.80 Å². The second-order valence-electron chi connectivity index (χ2n) is 16.2. The second-order valence-corrected chi connectivity index (χ2v) is 16.2. The van der Waals surface area contributed by atoms with Gasteiger partial charge in [0.1, 0.15) is 0 Å². The number of rotatable bonds is 9. The lowest BCUT2D eigenvalue weighted by molar-refractivity contribution is 1.17. The Labute approximate surface area is 372 Å². The van der Waals surface area contributed by atoms with Crippen LogP contribution in [0, 0.1) is 0 Å². The fourth-order valence-corrected chi connectivity index (χ4v) is 9.66. The molecule has 0 unspecified atom stereocenters. The van der Waals surface area contributed by atoms with Gasteiger partial charge in [0.05, 0.1) is 22.1 Å². The molecule has 2 heterocycles. The van der Waals surface area contributed by atoms with Gasteiger partial charge >= 0.3 is 0 Å². The molecule has 10 aromatic carbocycles. The van der Waals surface area contributed by atoms with E-state index in [4.69, 9.17) is 0 Å². The van der Waals surface area contributed by atoms with Gasteiger partial charge < -0.3 is 18.9 Å². The largest absolute Gasteiger partial charge is 0.310 e. The summed E-state index contributed by atoms with van der Waals surface area (Å²) >= 11 is 0. The quantitative estimate of drug-likeness (QED) is 0.144. The summed E-state index contributed by atoms with van der Waals surface area (Å²) in [6.45, 7) is 0. The number of benzene rings is 10. The van der Waals surface area contributed by atoms with Gasteiger partial charge in [-0.3, -0.25) is 0 Å². The number of fused-ring (bicyclic) bond motifs is 7. The molecule has 302 valence electrons. The molecule has 0 spiro atoms. The van der Waals surface area contributed by atoms with Gasteiger partial charge in [-0.2, -0.15) is 0 Å². The number of anilines is 6. The van der Waals surface area contributed by atoms with Crippen molar-refractivity contribution < 1.29 is 0 Å². The Hall–Kier alpha value is -8.60. The van der Waals surface area contributed by atoms with E-state index < -0.39 is 0 Å². The molecule has 0 aliphatic carbocycles. The Kier molecular flexibility index (Phi) is 9.12. The van der Waals surface area contributed by atoms with Crippen LogP contribution in [-0.2, 0) is 0 Å². The molecule has 0 amide bonds. The number of hydrogen-bond donors (Lipinski definition) is 0. The average Bonchev–Trinajstić information content (AvgIpc) is 3.89. The van der Waals surface area contributed by atoms with Crippen molar-refractivity contribution in [2.45, 2.75) is 0 Å². The number of hydrogen-bond acceptors (Lipinski definition) is 2. The summed E-state index contributed by atoms with van der Waals surface area (Å²) in [5.74, 6) is 0. The van der Waals surface area contributed by atoms with Gasteiger partial charge in [0.2, 0.25) is 0 Å². The highest BCUT2D eigenvalue weighted by molar-refractivity contribution is 6.26. The van der Waals surface area contributed by atoms with E-state index in [0.717, 1.165) is 56.6 Å². The van der Waals surface area contributed by atoms with E-state index in [0.29, 0.717) is 0 Å². The van der Waals surface area contributed by atoms with Gasteiger partial charge in [-0.25, -0.2) is 0 Å². The summed E-state index contributed by atoms with van der Waals surface area (Å²) in [7, 11) is 0. The van der Waals surface area contributed by atoms with Crippen molar-refractivity contribution in [1.82, 2.24) is 9.13 Å². The zero-order valence-corrected chi connectivity index (χ0v) is 35.0. The van der Waals surface area contributed by atoms with E-state index >= 15 is 0 Å². The fourth-order valence-electron chi connectivity index (χ4n) is 9.66. The maximum atomic E-state index is 2.44. The van der Waals surface area contributed by atoms with Crippen molar-refractivity contribution in [3.8, 4) is 22.5 Å². The van der Waals surface area contributed by atoms with Crippen LogP contribution in [0.15, 0.2) is 255 Å². The summed E-state index contributed by atoms with van der Waals surface area (Å²) in [4.78, 5) is 4.70. The SMILES string of the molecule is c1ccc(N(c2ccccc2)c2cc(-c3ccc(-n4c5ccccc5c5c4ccc4c6ccccc6n(-c6ccccc6)c45)cc3)cc(N(c3ccccc3)c3ccccc3)c2)cc1. The zero-order chi connectivity index (χ0) is 42.4. The van der Waals surface area contributed by atoms with Crippen LogP contribution in [0.4, 0.5) is 34.1 Å². The normalized spacial score (nSPS) is 11.4. The number of para-hydroxylation sites is 7. The van der Waals surface area contributed by atoms with E-state index in [-0.39, 0.29) is 0 Å². The molecule has 0 bridgehead atoms. The summed E-state index contributed by atoms with van der Waals surface area (Å²) in [5.41, 5.74) is 15.8. The smallest absolute Gasteiger partial charge is 0.0641 e. The maximum absolute atomic E-state index is 2.44. The molecule has 12 aromatic rings. The first kappa shape index (κ1) is 37.2. The van der Waals surface area contributed by atoms with Crippen LogP contribution >= 0.6 is 0 Å². The minimum atomic E-state index is 1.06. The molecule has 4 nitrogen and oxygen atoms in total. The van der Waals surface area contributed by atoms with Crippen molar-refractivity contribution in [2.24, 2.45) is 0 Å². The molecular formula is C60H42N4. The van der Waals surface area contributed by atoms with Crippen molar-refractivity contribution in [3.63, 3.8) is 0 Å². The predicted molar refractivity (Wildman–Crippen MR) is 270 cm³/mol. The molecule has 0 fully saturated rings. The molecule has 0 N–H and O–H groups in total. The molecule has 0 saturated carbocycles. The molecule has 0 atom stereocenters. The maximum Gasteiger partial charge on any atom is 0.0641 e. The Morgan fingerprint density at radius 3 is 1.19 bits per heavy atom. The van der Waals surface area contributed by atoms with Gasteiger partial charge in [0.15, 0.2) is 0 Å². The van der Waals surface area contributed by atoms with Crippen LogP contribution < -0.4 is 9.80 Å². The third-order valence-corrected chi connectivity index (χ3v) is 12.4. The molecule has 12 rings (SSSR count). The highest BCUT2D eigenvalue weighted by atomic mass is 15.2. The van der Waals surface area contributed by atoms with Gasteiger partial charge in [0.25, 0.3) is 0 Å². The lowest BCUT2D eigenvalue weighted by Gasteiger charge is -2.30. The van der Waals surface area contributed by atoms with E-state index in [9.17, 15) is 0 Å². The molecule has 4 heteroatoms. The van der Waals surface area contributed by atoms with Gasteiger partial charge in [-0.1, -0.05) is 146 Å². The summed E-state index contributed by atoms with van der Waals surface area (Å²) in [6, 6.07) is 91.7. The topological polar surface area (TPSA) is 16.3 Å². The number of aromatic nitrogens is 2. The zero-order valence-electron chi connectivity index (χ0n) is 35.0. The molecule has 0 saturated heterocycles. The van der Waals surface area contributed by atoms with Crippen molar-refractivity contribution >= 4 is 77.7 Å². The minimum Gasteiger partial charge on any atom is -0.310 e. The number of nitrogens with zero attached hydrogens (tertiary/aromatic N) is 4. The lowest BCUT2D eigenvalue weighted by Crippen LogP contribution is -2.13. The van der Waals surface area contributed by atoms with Crippen molar-refractivity contribution in [3.05, 3.63) is 255 Å². The Bertz CT molecular complexity index is 3400. The summed E-state index contributed by atoms with van der Waals surface area (Å²) in [6.07, 6.45) is 0. The van der Waals surface area contributed by atoms with E-state index in [1.54, 1.807) is 0 Å². The molecule has 0 aliphatic heterocycles. The Morgan fingerprint density at radius 2 is 0.672 bits per heavy atom. The monoisotopic (exact) mass is 818 g/mol. The van der Waals surface area contributed by atoms with E-state index in [1.807, 2.05) is 0 Å². The highest BCUT2D eigenvalue weighted by Crippen LogP contribution is 2.45. The first-order chi connectivity index (χ1) is 31.8. The Balaban J connectivity index is 1.06. The van der Waals surface area contributed by atoms with Gasteiger partial charge in [0, 0.05) is 67.0 Å². The fraction of sp³-hybridized carbons (Fsp3) is 0. The van der Waals surface area contributed by atoms with Crippen LogP contribution in [0.25, 0.3) is 66.1 Å². The third kappa shape index (κ3) is 6.31. The average molecular weight is 819 g/mol. The van der Waals surface area contributed by atoms with Gasteiger partial charge in [-0.05, 0) is 120 Å². The van der Waals surface area contributed by atoms with Crippen LogP contribution in [0.1, 0.15) is 0 Å². The van der Waals surface area contributed by atoms with Gasteiger partial charge in [-0.15, -0.1) is 0 Å². The van der Waals surface area contributed by atoms with E-state index in [2.05, 4.69) is 274 Å². The molecule has 64 heavy (non-hydrogen) atoms. The standard InChI is InChI=1S/C60H42N4/c1-6-20-45(21-7-1)61(46-22-8-2-9-23-46)51-40-44(41-52(42-51)62(47-24-10-3-11-25-47)48-26-12-4-13-27-48)43-34-36-50(37-35-43)63-57-33-19-17-31-55(57)59-58(63)39-38-54-53-30-16-18-32-56(53)64(60(54)59)49-28-14-5-15-29-49/h1-42H. The second kappa shape index (κ2) is 15.7. The van der Waals surface area contributed by atoms with Crippen LogP contribution in [0.5, 0.6) is 0 Å². The summed E-state index contributed by atoms with van der Waals surface area (Å²) < 4.78 is 4.88. The molecule has 0 aliphatic rings. The molecule has 0 radical (unpaired) electrons. The van der Waals surface area contributed by atoms with Crippen molar-refractivity contribution in [1.29, 1.82) is 0 Å². The van der Waals surface area contributed by atoms with E-state index in [1.165, 1.54) is 43.6 Å². The first-order valence-electron chi connectivity index (χ1n) is 21.9. The highest BCUT2D eigenvalue weighted by Gasteiger charge is 2.22. The van der Waals surface area contributed by atoms with Crippen LogP contribution in [0.3, 0.4) is 0 Å². The molecule has 2 aromatic heterocycles. The molecular weight excluding hydrogens is 777 g/mol. The van der Waals surface area contributed by atoms with Crippen LogP contribution in [0.2, 0.25) is 0 Å². The summed E-state index contributed by atoms with van der Waals surface area (Å²) in [5, 5.41) is 4.98. The van der Waals surface area contributed by atoms with Crippen LogP contribution in [-0.4, -0.2) is 9.13 Å². The minimum absolute atomic E-state index is 1.06. The third-order valence-electron chi connectivity index (χ3n) is 12.4.